The van der Waals surface area contributed by atoms with Crippen LogP contribution < -0.4 is 5.32 Å². The van der Waals surface area contributed by atoms with Crippen molar-refractivity contribution in [3.63, 3.8) is 0 Å². The SMILES string of the molecule is CN1CCCC1CNc1ccn2nccc2n1. The van der Waals surface area contributed by atoms with Crippen molar-refractivity contribution in [2.24, 2.45) is 0 Å². The number of nitrogens with one attached hydrogen (secondary N) is 1. The number of anilines is 1. The fourth-order valence-corrected chi connectivity index (χ4v) is 2.37. The monoisotopic (exact) mass is 231 g/mol. The normalized spacial score (nSPS) is 21.1. The Morgan fingerprint density at radius 3 is 3.24 bits per heavy atom. The standard InChI is InChI=1S/C12H17N5/c1-16-7-2-3-10(16)9-13-11-5-8-17-12(15-11)4-6-14-17/h4-6,8,10H,2-3,7,9H2,1H3,(H,13,15). The highest BCUT2D eigenvalue weighted by Gasteiger charge is 2.20. The molecule has 0 aromatic carbocycles. The molecule has 0 radical (unpaired) electrons. The molecule has 0 saturated carbocycles. The molecule has 5 heteroatoms. The Morgan fingerprint density at radius 2 is 2.41 bits per heavy atom. The molecule has 0 bridgehead atoms. The van der Waals surface area contributed by atoms with Crippen molar-refractivity contribution in [2.45, 2.75) is 18.9 Å². The van der Waals surface area contributed by atoms with Crippen molar-refractivity contribution < 1.29 is 0 Å². The lowest BCUT2D eigenvalue weighted by Crippen LogP contribution is -2.31. The van der Waals surface area contributed by atoms with E-state index in [1.165, 1.54) is 19.4 Å². The third-order valence-corrected chi connectivity index (χ3v) is 3.45. The number of hydrogen-bond donors (Lipinski definition) is 1. The number of likely N-dealkylation sites (N-methyl/N-ethyl adjacent to an activating group) is 1. The van der Waals surface area contributed by atoms with Crippen LogP contribution in [0, 0.1) is 0 Å². The zero-order chi connectivity index (χ0) is 11.7. The Labute approximate surface area is 100 Å². The van der Waals surface area contributed by atoms with Crippen LogP contribution in [0.1, 0.15) is 12.8 Å². The number of fused-ring (bicyclic) bond motifs is 1. The highest BCUT2D eigenvalue weighted by Crippen LogP contribution is 2.15. The summed E-state index contributed by atoms with van der Waals surface area (Å²) in [7, 11) is 2.19. The van der Waals surface area contributed by atoms with Gasteiger partial charge in [-0.05, 0) is 32.5 Å². The van der Waals surface area contributed by atoms with Gasteiger partial charge < -0.3 is 10.2 Å². The zero-order valence-electron chi connectivity index (χ0n) is 10.0. The molecule has 2 aromatic rings. The molecule has 1 fully saturated rings. The summed E-state index contributed by atoms with van der Waals surface area (Å²) < 4.78 is 1.77. The topological polar surface area (TPSA) is 45.5 Å². The third-order valence-electron chi connectivity index (χ3n) is 3.45. The molecule has 1 aliphatic rings. The van der Waals surface area contributed by atoms with Gasteiger partial charge in [-0.2, -0.15) is 5.10 Å². The highest BCUT2D eigenvalue weighted by atomic mass is 15.2. The largest absolute Gasteiger partial charge is 0.368 e. The van der Waals surface area contributed by atoms with Gasteiger partial charge >= 0.3 is 0 Å². The van der Waals surface area contributed by atoms with Crippen LogP contribution in [0.2, 0.25) is 0 Å². The van der Waals surface area contributed by atoms with Crippen molar-refractivity contribution in [2.75, 3.05) is 25.5 Å². The molecule has 1 atom stereocenters. The highest BCUT2D eigenvalue weighted by molar-refractivity contribution is 5.45. The number of aromatic nitrogens is 3. The lowest BCUT2D eigenvalue weighted by Gasteiger charge is -2.19. The van der Waals surface area contributed by atoms with Crippen LogP contribution in [-0.2, 0) is 0 Å². The van der Waals surface area contributed by atoms with Gasteiger partial charge in [0.1, 0.15) is 5.82 Å². The van der Waals surface area contributed by atoms with Crippen molar-refractivity contribution in [3.05, 3.63) is 24.5 Å². The van der Waals surface area contributed by atoms with Gasteiger partial charge in [0, 0.05) is 24.8 Å². The number of nitrogens with zero attached hydrogens (tertiary/aromatic N) is 4. The predicted molar refractivity (Wildman–Crippen MR) is 67.1 cm³/mol. The average Bonchev–Trinajstić information content (AvgIpc) is 2.94. The van der Waals surface area contributed by atoms with Gasteiger partial charge in [0.25, 0.3) is 0 Å². The molecule has 0 aliphatic carbocycles. The minimum atomic E-state index is 0.637. The van der Waals surface area contributed by atoms with E-state index in [-0.39, 0.29) is 0 Å². The predicted octanol–water partition coefficient (Wildman–Crippen LogP) is 1.24. The van der Waals surface area contributed by atoms with Crippen molar-refractivity contribution in [1.82, 2.24) is 19.5 Å². The van der Waals surface area contributed by atoms with Crippen LogP contribution in [0.4, 0.5) is 5.82 Å². The van der Waals surface area contributed by atoms with Crippen LogP contribution in [0.3, 0.4) is 0 Å². The van der Waals surface area contributed by atoms with E-state index in [4.69, 9.17) is 0 Å². The van der Waals surface area contributed by atoms with E-state index in [0.29, 0.717) is 6.04 Å². The fourth-order valence-electron chi connectivity index (χ4n) is 2.37. The molecule has 1 saturated heterocycles. The van der Waals surface area contributed by atoms with Crippen LogP contribution in [-0.4, -0.2) is 45.7 Å². The second-order valence-corrected chi connectivity index (χ2v) is 4.60. The van der Waals surface area contributed by atoms with E-state index < -0.39 is 0 Å². The van der Waals surface area contributed by atoms with Gasteiger partial charge in [-0.25, -0.2) is 9.50 Å². The number of hydrogen-bond acceptors (Lipinski definition) is 4. The molecule has 90 valence electrons. The molecular weight excluding hydrogens is 214 g/mol. The minimum absolute atomic E-state index is 0.637. The van der Waals surface area contributed by atoms with E-state index in [9.17, 15) is 0 Å². The molecule has 5 nitrogen and oxygen atoms in total. The smallest absolute Gasteiger partial charge is 0.157 e. The summed E-state index contributed by atoms with van der Waals surface area (Å²) in [6.07, 6.45) is 6.27. The zero-order valence-corrected chi connectivity index (χ0v) is 10.0. The van der Waals surface area contributed by atoms with Crippen LogP contribution in [0.25, 0.3) is 5.65 Å². The quantitative estimate of drug-likeness (QED) is 0.863. The molecule has 1 aliphatic heterocycles. The van der Waals surface area contributed by atoms with E-state index >= 15 is 0 Å². The first kappa shape index (κ1) is 10.5. The van der Waals surface area contributed by atoms with Gasteiger partial charge in [0.15, 0.2) is 5.65 Å². The van der Waals surface area contributed by atoms with Gasteiger partial charge in [0.05, 0.1) is 6.20 Å². The first-order valence-electron chi connectivity index (χ1n) is 6.07. The maximum Gasteiger partial charge on any atom is 0.157 e. The maximum atomic E-state index is 4.49. The molecule has 0 spiro atoms. The van der Waals surface area contributed by atoms with E-state index in [0.717, 1.165) is 18.0 Å². The molecule has 3 heterocycles. The molecular formula is C12H17N5. The van der Waals surface area contributed by atoms with Gasteiger partial charge in [-0.1, -0.05) is 0 Å². The molecule has 0 amide bonds. The summed E-state index contributed by atoms with van der Waals surface area (Å²) in [5.41, 5.74) is 0.884. The maximum absolute atomic E-state index is 4.49. The summed E-state index contributed by atoms with van der Waals surface area (Å²) in [5, 5.41) is 7.53. The lowest BCUT2D eigenvalue weighted by atomic mass is 10.2. The Kier molecular flexibility index (Phi) is 2.68. The number of rotatable bonds is 3. The van der Waals surface area contributed by atoms with Crippen LogP contribution in [0.15, 0.2) is 24.5 Å². The first-order valence-corrected chi connectivity index (χ1v) is 6.07. The summed E-state index contributed by atoms with van der Waals surface area (Å²) in [5.74, 6) is 0.929. The minimum Gasteiger partial charge on any atom is -0.368 e. The van der Waals surface area contributed by atoms with Crippen molar-refractivity contribution >= 4 is 11.5 Å². The van der Waals surface area contributed by atoms with Gasteiger partial charge in [-0.3, -0.25) is 0 Å². The summed E-state index contributed by atoms with van der Waals surface area (Å²) in [6.45, 7) is 2.18. The van der Waals surface area contributed by atoms with Gasteiger partial charge in [0.2, 0.25) is 0 Å². The van der Waals surface area contributed by atoms with E-state index in [1.54, 1.807) is 10.7 Å². The Bertz CT molecular complexity index is 506. The van der Waals surface area contributed by atoms with Crippen molar-refractivity contribution in [3.8, 4) is 0 Å². The molecule has 17 heavy (non-hydrogen) atoms. The Morgan fingerprint density at radius 1 is 1.47 bits per heavy atom. The third kappa shape index (κ3) is 2.10. The average molecular weight is 231 g/mol. The Hall–Kier alpha value is -1.62. The second-order valence-electron chi connectivity index (χ2n) is 4.60. The summed E-state index contributed by atoms with van der Waals surface area (Å²) >= 11 is 0. The summed E-state index contributed by atoms with van der Waals surface area (Å²) in [4.78, 5) is 6.90. The second kappa shape index (κ2) is 4.33. The summed E-state index contributed by atoms with van der Waals surface area (Å²) in [6, 6.07) is 4.51. The lowest BCUT2D eigenvalue weighted by molar-refractivity contribution is 0.322. The van der Waals surface area contributed by atoms with Gasteiger partial charge in [-0.15, -0.1) is 0 Å². The van der Waals surface area contributed by atoms with E-state index in [2.05, 4.69) is 27.3 Å². The first-order chi connectivity index (χ1) is 8.33. The fraction of sp³-hybridized carbons (Fsp3) is 0.500. The van der Waals surface area contributed by atoms with Crippen molar-refractivity contribution in [1.29, 1.82) is 0 Å². The number of likely N-dealkylation sites (tertiary alicyclic amines) is 1. The molecule has 3 rings (SSSR count). The Balaban J connectivity index is 1.67. The molecule has 2 aromatic heterocycles. The van der Waals surface area contributed by atoms with Crippen LogP contribution in [0.5, 0.6) is 0 Å². The molecule has 1 N–H and O–H groups in total. The van der Waals surface area contributed by atoms with Crippen LogP contribution >= 0.6 is 0 Å². The molecule has 1 unspecified atom stereocenters. The van der Waals surface area contributed by atoms with E-state index in [1.807, 2.05) is 18.3 Å².